The molecule has 0 aliphatic carbocycles. The lowest BCUT2D eigenvalue weighted by Crippen LogP contribution is -2.45. The number of hydrogen-bond acceptors (Lipinski definition) is 7. The van der Waals surface area contributed by atoms with E-state index in [0.717, 1.165) is 50.0 Å². The number of ether oxygens (including phenoxy) is 3. The monoisotopic (exact) mass is 535 g/mol. The van der Waals surface area contributed by atoms with E-state index in [1.807, 2.05) is 42.5 Å². The van der Waals surface area contributed by atoms with Gasteiger partial charge >= 0.3 is 6.03 Å². The van der Waals surface area contributed by atoms with Gasteiger partial charge in [0, 0.05) is 62.6 Å². The van der Waals surface area contributed by atoms with Gasteiger partial charge in [-0.15, -0.1) is 0 Å². The van der Waals surface area contributed by atoms with Gasteiger partial charge in [-0.2, -0.15) is 0 Å². The zero-order valence-electron chi connectivity index (χ0n) is 23.8. The molecule has 9 heteroatoms. The molecule has 9 nitrogen and oxygen atoms in total. The van der Waals surface area contributed by atoms with E-state index >= 15 is 0 Å². The van der Waals surface area contributed by atoms with Crippen LogP contribution in [0, 0.1) is 5.41 Å². The van der Waals surface area contributed by atoms with Crippen LogP contribution >= 0.6 is 0 Å². The van der Waals surface area contributed by atoms with Crippen LogP contribution in [0.3, 0.4) is 0 Å². The molecule has 1 saturated heterocycles. The Hall–Kier alpha value is -3.56. The van der Waals surface area contributed by atoms with Gasteiger partial charge in [-0.1, -0.05) is 20.8 Å². The predicted molar refractivity (Wildman–Crippen MR) is 155 cm³/mol. The molecular formula is C30H41N5O4. The Kier molecular flexibility index (Phi) is 9.48. The molecule has 2 amide bonds. The van der Waals surface area contributed by atoms with Gasteiger partial charge in [0.2, 0.25) is 0 Å². The van der Waals surface area contributed by atoms with E-state index in [1.165, 1.54) is 0 Å². The average molecular weight is 536 g/mol. The molecule has 0 saturated carbocycles. The van der Waals surface area contributed by atoms with E-state index < -0.39 is 0 Å². The van der Waals surface area contributed by atoms with Gasteiger partial charge in [0.25, 0.3) is 0 Å². The highest BCUT2D eigenvalue weighted by Gasteiger charge is 2.16. The second-order valence-electron chi connectivity index (χ2n) is 11.1. The van der Waals surface area contributed by atoms with Crippen molar-refractivity contribution in [3.63, 3.8) is 0 Å². The average Bonchev–Trinajstić information content (AvgIpc) is 2.90. The van der Waals surface area contributed by atoms with Crippen molar-refractivity contribution in [1.82, 2.24) is 20.1 Å². The van der Waals surface area contributed by atoms with Crippen molar-refractivity contribution in [2.45, 2.75) is 27.2 Å². The standard InChI is InChI=1S/C30H41N5O4/c1-30(2,3)11-13-32-29(36)33-22-6-8-23(9-7-22)39-26-10-12-31-25-21-28(27(37-5)20-24(25)26)38-19-18-35-16-14-34(4)15-17-35/h6-10,12,20-21H,11,13-19H2,1-5H3,(H2,32,33,36). The normalized spacial score (nSPS) is 14.7. The number of urea groups is 1. The van der Waals surface area contributed by atoms with E-state index in [4.69, 9.17) is 14.2 Å². The molecule has 3 aromatic rings. The molecule has 0 spiro atoms. The van der Waals surface area contributed by atoms with Crippen LogP contribution in [-0.4, -0.2) is 80.8 Å². The maximum Gasteiger partial charge on any atom is 0.319 e. The highest BCUT2D eigenvalue weighted by molar-refractivity contribution is 5.89. The highest BCUT2D eigenvalue weighted by Crippen LogP contribution is 2.37. The lowest BCUT2D eigenvalue weighted by molar-refractivity contribution is 0.133. The third kappa shape index (κ3) is 8.46. The van der Waals surface area contributed by atoms with Crippen molar-refractivity contribution in [3.8, 4) is 23.0 Å². The highest BCUT2D eigenvalue weighted by atomic mass is 16.5. The molecule has 2 heterocycles. The largest absolute Gasteiger partial charge is 0.493 e. The number of methoxy groups -OCH3 is 1. The van der Waals surface area contributed by atoms with Gasteiger partial charge in [-0.3, -0.25) is 9.88 Å². The summed E-state index contributed by atoms with van der Waals surface area (Å²) in [5, 5.41) is 6.57. The van der Waals surface area contributed by atoms with Crippen molar-refractivity contribution in [3.05, 3.63) is 48.7 Å². The third-order valence-electron chi connectivity index (χ3n) is 6.75. The lowest BCUT2D eigenvalue weighted by atomic mass is 9.92. The minimum atomic E-state index is -0.221. The Morgan fingerprint density at radius 1 is 1.00 bits per heavy atom. The topological polar surface area (TPSA) is 88.2 Å². The number of hydrogen-bond donors (Lipinski definition) is 2. The Morgan fingerprint density at radius 3 is 2.44 bits per heavy atom. The molecule has 1 aromatic heterocycles. The molecule has 2 aromatic carbocycles. The fraction of sp³-hybridized carbons (Fsp3) is 0.467. The molecule has 4 rings (SSSR count). The summed E-state index contributed by atoms with van der Waals surface area (Å²) in [6.45, 7) is 12.8. The molecule has 2 N–H and O–H groups in total. The summed E-state index contributed by atoms with van der Waals surface area (Å²) in [6, 6.07) is 12.7. The van der Waals surface area contributed by atoms with E-state index in [-0.39, 0.29) is 11.4 Å². The fourth-order valence-corrected chi connectivity index (χ4v) is 4.31. The number of pyridine rings is 1. The number of fused-ring (bicyclic) bond motifs is 1. The number of rotatable bonds is 10. The Bertz CT molecular complexity index is 1230. The van der Waals surface area contributed by atoms with E-state index in [9.17, 15) is 4.79 Å². The first-order valence-electron chi connectivity index (χ1n) is 13.5. The van der Waals surface area contributed by atoms with Crippen LogP contribution in [0.1, 0.15) is 27.2 Å². The number of piperazine rings is 1. The first-order valence-corrected chi connectivity index (χ1v) is 13.5. The van der Waals surface area contributed by atoms with Crippen LogP contribution in [0.5, 0.6) is 23.0 Å². The number of carbonyl (C=O) groups is 1. The lowest BCUT2D eigenvalue weighted by Gasteiger charge is -2.32. The molecule has 39 heavy (non-hydrogen) atoms. The second kappa shape index (κ2) is 13.0. The number of carbonyl (C=O) groups excluding carboxylic acids is 1. The van der Waals surface area contributed by atoms with Crippen molar-refractivity contribution < 1.29 is 19.0 Å². The van der Waals surface area contributed by atoms with Crippen molar-refractivity contribution in [2.24, 2.45) is 5.41 Å². The zero-order chi connectivity index (χ0) is 27.8. The van der Waals surface area contributed by atoms with Crippen molar-refractivity contribution in [2.75, 3.05) is 65.3 Å². The summed E-state index contributed by atoms with van der Waals surface area (Å²) in [4.78, 5) is 21.5. The van der Waals surface area contributed by atoms with E-state index in [0.29, 0.717) is 41.8 Å². The summed E-state index contributed by atoms with van der Waals surface area (Å²) in [5.74, 6) is 2.60. The molecule has 0 radical (unpaired) electrons. The summed E-state index contributed by atoms with van der Waals surface area (Å²) < 4.78 is 17.9. The molecule has 0 unspecified atom stereocenters. The molecule has 1 fully saturated rings. The molecule has 1 aliphatic heterocycles. The van der Waals surface area contributed by atoms with Gasteiger partial charge in [0.05, 0.1) is 12.6 Å². The van der Waals surface area contributed by atoms with Crippen LogP contribution in [0.15, 0.2) is 48.7 Å². The summed E-state index contributed by atoms with van der Waals surface area (Å²) in [6.07, 6.45) is 2.62. The van der Waals surface area contributed by atoms with Gasteiger partial charge in [-0.25, -0.2) is 4.79 Å². The first-order chi connectivity index (χ1) is 18.7. The van der Waals surface area contributed by atoms with E-state index in [2.05, 4.69) is 53.2 Å². The predicted octanol–water partition coefficient (Wildman–Crippen LogP) is 5.22. The molecule has 0 atom stereocenters. The summed E-state index contributed by atoms with van der Waals surface area (Å²) in [5.41, 5.74) is 1.62. The van der Waals surface area contributed by atoms with Gasteiger partial charge in [0.15, 0.2) is 11.5 Å². The van der Waals surface area contributed by atoms with Crippen molar-refractivity contribution in [1.29, 1.82) is 0 Å². The van der Waals surface area contributed by atoms with Crippen molar-refractivity contribution >= 4 is 22.6 Å². The fourth-order valence-electron chi connectivity index (χ4n) is 4.31. The minimum absolute atomic E-state index is 0.173. The van der Waals surface area contributed by atoms with Gasteiger partial charge in [-0.05, 0) is 55.3 Å². The maximum atomic E-state index is 12.2. The summed E-state index contributed by atoms with van der Waals surface area (Å²) >= 11 is 0. The zero-order valence-corrected chi connectivity index (χ0v) is 23.8. The molecule has 1 aliphatic rings. The van der Waals surface area contributed by atoms with Crippen LogP contribution in [0.25, 0.3) is 10.9 Å². The number of nitrogens with zero attached hydrogens (tertiary/aromatic N) is 3. The Balaban J connectivity index is 1.37. The number of nitrogens with one attached hydrogen (secondary N) is 2. The SMILES string of the molecule is COc1cc2c(Oc3ccc(NC(=O)NCCC(C)(C)C)cc3)ccnc2cc1OCCN1CCN(C)CC1. The Morgan fingerprint density at radius 2 is 1.74 bits per heavy atom. The number of anilines is 1. The number of amides is 2. The summed E-state index contributed by atoms with van der Waals surface area (Å²) in [7, 11) is 3.79. The third-order valence-corrected chi connectivity index (χ3v) is 6.75. The quantitative estimate of drug-likeness (QED) is 0.368. The number of likely N-dealkylation sites (N-methyl/N-ethyl adjacent to an activating group) is 1. The molecule has 0 bridgehead atoms. The van der Waals surface area contributed by atoms with Crippen LogP contribution in [-0.2, 0) is 0 Å². The minimum Gasteiger partial charge on any atom is -0.493 e. The molecular weight excluding hydrogens is 494 g/mol. The van der Waals surface area contributed by atoms with E-state index in [1.54, 1.807) is 13.3 Å². The van der Waals surface area contributed by atoms with Crippen LogP contribution in [0.4, 0.5) is 10.5 Å². The molecule has 210 valence electrons. The maximum absolute atomic E-state index is 12.2. The van der Waals surface area contributed by atoms with Gasteiger partial charge < -0.3 is 29.7 Å². The smallest absolute Gasteiger partial charge is 0.319 e. The van der Waals surface area contributed by atoms with Gasteiger partial charge in [0.1, 0.15) is 18.1 Å². The number of aromatic nitrogens is 1. The first kappa shape index (κ1) is 28.4. The van der Waals surface area contributed by atoms with Crippen LogP contribution < -0.4 is 24.8 Å². The Labute approximate surface area is 231 Å². The number of benzene rings is 2. The van der Waals surface area contributed by atoms with Crippen LogP contribution in [0.2, 0.25) is 0 Å². The second-order valence-corrected chi connectivity index (χ2v) is 11.1.